The van der Waals surface area contributed by atoms with Crippen LogP contribution in [0.4, 0.5) is 0 Å². The minimum Gasteiger partial charge on any atom is -0.492 e. The first-order chi connectivity index (χ1) is 12.0. The summed E-state index contributed by atoms with van der Waals surface area (Å²) in [5.41, 5.74) is 2.73. The average Bonchev–Trinajstić information content (AvgIpc) is 2.83. The Morgan fingerprint density at radius 2 is 2.12 bits per heavy atom. The molecule has 132 valence electrons. The van der Waals surface area contributed by atoms with Crippen molar-refractivity contribution in [3.05, 3.63) is 59.4 Å². The van der Waals surface area contributed by atoms with E-state index in [1.165, 1.54) is 0 Å². The number of nitrogens with zero attached hydrogens (tertiary/aromatic N) is 1. The molecule has 1 aliphatic rings. The molecule has 1 aromatic heterocycles. The van der Waals surface area contributed by atoms with Gasteiger partial charge in [0.1, 0.15) is 18.4 Å². The molecule has 0 aliphatic carbocycles. The normalized spacial score (nSPS) is 17.2. The van der Waals surface area contributed by atoms with Crippen molar-refractivity contribution < 1.29 is 9.53 Å². The first-order valence-corrected chi connectivity index (χ1v) is 8.63. The summed E-state index contributed by atoms with van der Waals surface area (Å²) >= 11 is 0. The largest absolute Gasteiger partial charge is 0.492 e. The molecule has 0 spiro atoms. The molecule has 0 radical (unpaired) electrons. The smallest absolute Gasteiger partial charge is 0.241 e. The summed E-state index contributed by atoms with van der Waals surface area (Å²) in [6.45, 7) is 7.90. The summed E-state index contributed by atoms with van der Waals surface area (Å²) in [5.74, 6) is 0.727. The second kappa shape index (κ2) is 7.23. The van der Waals surface area contributed by atoms with Crippen LogP contribution in [0, 0.1) is 6.92 Å². The van der Waals surface area contributed by atoms with E-state index in [4.69, 9.17) is 4.74 Å². The zero-order chi connectivity index (χ0) is 17.9. The van der Waals surface area contributed by atoms with Crippen LogP contribution in [-0.2, 0) is 10.2 Å². The van der Waals surface area contributed by atoms with Gasteiger partial charge in [0.15, 0.2) is 0 Å². The molecule has 0 saturated heterocycles. The van der Waals surface area contributed by atoms with Gasteiger partial charge in [-0.15, -0.1) is 0 Å². The van der Waals surface area contributed by atoms with Gasteiger partial charge in [0, 0.05) is 36.0 Å². The third-order valence-corrected chi connectivity index (χ3v) is 4.51. The number of hydrogen-bond donors (Lipinski definition) is 2. The highest BCUT2D eigenvalue weighted by molar-refractivity contribution is 5.84. The molecule has 2 N–H and O–H groups in total. The number of fused-ring (bicyclic) bond motifs is 1. The predicted octanol–water partition coefficient (Wildman–Crippen LogP) is 2.51. The molecule has 1 amide bonds. The second-order valence-corrected chi connectivity index (χ2v) is 7.10. The van der Waals surface area contributed by atoms with E-state index in [0.29, 0.717) is 19.7 Å². The van der Waals surface area contributed by atoms with Crippen molar-refractivity contribution in [2.75, 3.05) is 19.7 Å². The summed E-state index contributed by atoms with van der Waals surface area (Å²) in [6, 6.07) is 11.4. The lowest BCUT2D eigenvalue weighted by Gasteiger charge is -2.26. The third kappa shape index (κ3) is 3.99. The topological polar surface area (TPSA) is 63.2 Å². The van der Waals surface area contributed by atoms with Gasteiger partial charge in [0.25, 0.3) is 0 Å². The molecule has 1 atom stereocenters. The van der Waals surface area contributed by atoms with Gasteiger partial charge in [-0.1, -0.05) is 38.1 Å². The maximum absolute atomic E-state index is 12.8. The molecule has 3 rings (SSSR count). The van der Waals surface area contributed by atoms with Crippen molar-refractivity contribution in [2.24, 2.45) is 0 Å². The maximum Gasteiger partial charge on any atom is 0.241 e. The Labute approximate surface area is 148 Å². The summed E-state index contributed by atoms with van der Waals surface area (Å²) in [4.78, 5) is 17.3. The van der Waals surface area contributed by atoms with E-state index in [-0.39, 0.29) is 11.3 Å². The summed E-state index contributed by atoms with van der Waals surface area (Å²) in [5, 5.41) is 6.35. The van der Waals surface area contributed by atoms with E-state index < -0.39 is 6.04 Å². The van der Waals surface area contributed by atoms with Crippen LogP contribution in [0.2, 0.25) is 0 Å². The fourth-order valence-electron chi connectivity index (χ4n) is 2.93. The number of aryl methyl sites for hydroxylation is 1. The number of para-hydroxylation sites is 1. The molecular weight excluding hydrogens is 314 g/mol. The number of carbonyl (C=O) groups excluding carboxylic acids is 1. The second-order valence-electron chi connectivity index (χ2n) is 7.10. The lowest BCUT2D eigenvalue weighted by atomic mass is 9.88. The van der Waals surface area contributed by atoms with E-state index in [2.05, 4.69) is 29.5 Å². The average molecular weight is 339 g/mol. The predicted molar refractivity (Wildman–Crippen MR) is 97.7 cm³/mol. The number of ether oxygens (including phenoxy) is 1. The number of amides is 1. The Hall–Kier alpha value is -2.40. The van der Waals surface area contributed by atoms with Gasteiger partial charge >= 0.3 is 0 Å². The first kappa shape index (κ1) is 17.4. The molecule has 2 heterocycles. The number of aromatic nitrogens is 1. The van der Waals surface area contributed by atoms with Gasteiger partial charge in [-0.25, -0.2) is 0 Å². The zero-order valence-electron chi connectivity index (χ0n) is 15.0. The van der Waals surface area contributed by atoms with Crippen molar-refractivity contribution in [3.8, 4) is 5.75 Å². The molecule has 0 bridgehead atoms. The van der Waals surface area contributed by atoms with Crippen LogP contribution in [0.25, 0.3) is 0 Å². The van der Waals surface area contributed by atoms with Crippen LogP contribution in [0.1, 0.15) is 36.7 Å². The van der Waals surface area contributed by atoms with E-state index >= 15 is 0 Å². The molecule has 5 heteroatoms. The SMILES string of the molecule is Cc1ccc(C(C)(C)CNC(=O)C2NCCOc3ccccc32)nc1. The third-order valence-electron chi connectivity index (χ3n) is 4.51. The fourth-order valence-corrected chi connectivity index (χ4v) is 2.93. The Morgan fingerprint density at radius 1 is 1.32 bits per heavy atom. The number of pyridine rings is 1. The quantitative estimate of drug-likeness (QED) is 0.898. The lowest BCUT2D eigenvalue weighted by Crippen LogP contribution is -2.43. The van der Waals surface area contributed by atoms with Crippen molar-refractivity contribution in [1.29, 1.82) is 0 Å². The first-order valence-electron chi connectivity index (χ1n) is 8.63. The number of hydrogen-bond acceptors (Lipinski definition) is 4. The summed E-state index contributed by atoms with van der Waals surface area (Å²) < 4.78 is 5.70. The molecule has 5 nitrogen and oxygen atoms in total. The van der Waals surface area contributed by atoms with Gasteiger partial charge in [0.05, 0.1) is 0 Å². The maximum atomic E-state index is 12.8. The minimum absolute atomic E-state index is 0.0434. The highest BCUT2D eigenvalue weighted by Gasteiger charge is 2.28. The Kier molecular flexibility index (Phi) is 5.04. The highest BCUT2D eigenvalue weighted by Crippen LogP contribution is 2.27. The van der Waals surface area contributed by atoms with E-state index in [1.54, 1.807) is 0 Å². The van der Waals surface area contributed by atoms with Gasteiger partial charge in [0.2, 0.25) is 5.91 Å². The molecule has 1 aromatic carbocycles. The van der Waals surface area contributed by atoms with Crippen molar-refractivity contribution in [2.45, 2.75) is 32.2 Å². The number of carbonyl (C=O) groups is 1. The Balaban J connectivity index is 1.71. The van der Waals surface area contributed by atoms with Gasteiger partial charge in [-0.2, -0.15) is 0 Å². The Morgan fingerprint density at radius 3 is 2.88 bits per heavy atom. The molecule has 25 heavy (non-hydrogen) atoms. The van der Waals surface area contributed by atoms with Crippen LogP contribution in [0.15, 0.2) is 42.6 Å². The number of benzene rings is 1. The van der Waals surface area contributed by atoms with Gasteiger partial charge in [-0.05, 0) is 24.6 Å². The molecular formula is C20H25N3O2. The molecule has 1 unspecified atom stereocenters. The van der Waals surface area contributed by atoms with Gasteiger partial charge in [-0.3, -0.25) is 15.1 Å². The van der Waals surface area contributed by atoms with Crippen LogP contribution >= 0.6 is 0 Å². The van der Waals surface area contributed by atoms with Gasteiger partial charge < -0.3 is 10.1 Å². The van der Waals surface area contributed by atoms with Crippen LogP contribution in [-0.4, -0.2) is 30.6 Å². The molecule has 1 aliphatic heterocycles. The standard InChI is InChI=1S/C20H25N3O2/c1-14-8-9-17(22-12-14)20(2,3)13-23-19(24)18-15-6-4-5-7-16(15)25-11-10-21-18/h4-9,12,18,21H,10-11,13H2,1-3H3,(H,23,24). The van der Waals surface area contributed by atoms with E-state index in [9.17, 15) is 4.79 Å². The fraction of sp³-hybridized carbons (Fsp3) is 0.400. The summed E-state index contributed by atoms with van der Waals surface area (Å²) in [7, 11) is 0. The molecule has 0 fully saturated rings. The zero-order valence-corrected chi connectivity index (χ0v) is 15.0. The highest BCUT2D eigenvalue weighted by atomic mass is 16.5. The van der Waals surface area contributed by atoms with Crippen molar-refractivity contribution in [3.63, 3.8) is 0 Å². The van der Waals surface area contributed by atoms with Crippen molar-refractivity contribution >= 4 is 5.91 Å². The Bertz CT molecular complexity index is 741. The lowest BCUT2D eigenvalue weighted by molar-refractivity contribution is -0.123. The minimum atomic E-state index is -0.402. The summed E-state index contributed by atoms with van der Waals surface area (Å²) in [6.07, 6.45) is 1.86. The van der Waals surface area contributed by atoms with Crippen LogP contribution in [0.5, 0.6) is 5.75 Å². The number of rotatable bonds is 4. The number of nitrogens with one attached hydrogen (secondary N) is 2. The van der Waals surface area contributed by atoms with Crippen LogP contribution < -0.4 is 15.4 Å². The van der Waals surface area contributed by atoms with E-state index in [1.807, 2.05) is 49.5 Å². The monoisotopic (exact) mass is 339 g/mol. The van der Waals surface area contributed by atoms with Crippen molar-refractivity contribution in [1.82, 2.24) is 15.6 Å². The van der Waals surface area contributed by atoms with E-state index in [0.717, 1.165) is 22.6 Å². The van der Waals surface area contributed by atoms with Crippen LogP contribution in [0.3, 0.4) is 0 Å². The molecule has 0 saturated carbocycles. The molecule has 2 aromatic rings.